The van der Waals surface area contributed by atoms with E-state index in [2.05, 4.69) is 36.2 Å². The van der Waals surface area contributed by atoms with Crippen molar-refractivity contribution in [3.63, 3.8) is 0 Å². The largest absolute Gasteiger partial charge is 0.370 e. The van der Waals surface area contributed by atoms with Gasteiger partial charge in [-0.1, -0.05) is 37.3 Å². The Morgan fingerprint density at radius 3 is 2.52 bits per heavy atom. The van der Waals surface area contributed by atoms with Crippen LogP contribution in [0.1, 0.15) is 31.0 Å². The van der Waals surface area contributed by atoms with Crippen LogP contribution in [-0.2, 0) is 6.54 Å². The van der Waals surface area contributed by atoms with E-state index in [0.29, 0.717) is 0 Å². The van der Waals surface area contributed by atoms with Gasteiger partial charge in [0, 0.05) is 25.3 Å². The van der Waals surface area contributed by atoms with Crippen LogP contribution in [0.4, 0.5) is 10.1 Å². The summed E-state index contributed by atoms with van der Waals surface area (Å²) in [6.07, 6.45) is 0. The molecule has 0 amide bonds. The van der Waals surface area contributed by atoms with Gasteiger partial charge in [-0.3, -0.25) is 0 Å². The molecule has 2 aromatic carbocycles. The molecule has 0 aromatic heterocycles. The summed E-state index contributed by atoms with van der Waals surface area (Å²) in [7, 11) is 2.04. The van der Waals surface area contributed by atoms with Crippen molar-refractivity contribution in [1.29, 1.82) is 0 Å². The summed E-state index contributed by atoms with van der Waals surface area (Å²) >= 11 is 0. The van der Waals surface area contributed by atoms with Crippen molar-refractivity contribution in [3.05, 3.63) is 65.5 Å². The minimum Gasteiger partial charge on any atom is -0.370 e. The highest BCUT2D eigenvalue weighted by molar-refractivity contribution is 5.55. The summed E-state index contributed by atoms with van der Waals surface area (Å²) < 4.78 is 13.6. The lowest BCUT2D eigenvalue weighted by atomic mass is 10.0. The Hall–Kier alpha value is -1.87. The lowest BCUT2D eigenvalue weighted by Gasteiger charge is -2.25. The molecular weight excluding hydrogens is 263 g/mol. The Morgan fingerprint density at radius 1 is 1.14 bits per heavy atom. The van der Waals surface area contributed by atoms with Gasteiger partial charge >= 0.3 is 0 Å². The molecule has 0 heterocycles. The fourth-order valence-electron chi connectivity index (χ4n) is 2.58. The van der Waals surface area contributed by atoms with Crippen LogP contribution < -0.4 is 10.2 Å². The molecule has 0 aliphatic heterocycles. The first-order valence-electron chi connectivity index (χ1n) is 7.39. The second kappa shape index (κ2) is 7.23. The Morgan fingerprint density at radius 2 is 1.86 bits per heavy atom. The zero-order valence-electron chi connectivity index (χ0n) is 12.9. The van der Waals surface area contributed by atoms with E-state index in [0.717, 1.165) is 24.3 Å². The monoisotopic (exact) mass is 286 g/mol. The maximum absolute atomic E-state index is 13.6. The van der Waals surface area contributed by atoms with Crippen LogP contribution in [0.3, 0.4) is 0 Å². The van der Waals surface area contributed by atoms with Crippen LogP contribution in [0.15, 0.2) is 48.5 Å². The highest BCUT2D eigenvalue weighted by atomic mass is 19.1. The molecule has 0 radical (unpaired) electrons. The molecule has 0 bridgehead atoms. The van der Waals surface area contributed by atoms with Crippen molar-refractivity contribution in [3.8, 4) is 0 Å². The highest BCUT2D eigenvalue weighted by Crippen LogP contribution is 2.27. The number of nitrogens with one attached hydrogen (secondary N) is 1. The number of anilines is 1. The van der Waals surface area contributed by atoms with Crippen LogP contribution in [-0.4, -0.2) is 13.6 Å². The molecule has 0 spiro atoms. The third-order valence-corrected chi connectivity index (χ3v) is 3.64. The molecule has 0 fully saturated rings. The van der Waals surface area contributed by atoms with Crippen LogP contribution >= 0.6 is 0 Å². The van der Waals surface area contributed by atoms with Gasteiger partial charge in [-0.25, -0.2) is 4.39 Å². The second-order valence-electron chi connectivity index (χ2n) is 5.32. The quantitative estimate of drug-likeness (QED) is 0.859. The van der Waals surface area contributed by atoms with E-state index in [-0.39, 0.29) is 11.9 Å². The van der Waals surface area contributed by atoms with Crippen molar-refractivity contribution < 1.29 is 4.39 Å². The Labute approximate surface area is 126 Å². The number of rotatable bonds is 6. The molecule has 1 N–H and O–H groups in total. The standard InChI is InChI=1S/C18H23FN2/c1-4-20-14(2)17-12-16(19)10-11-18(17)21(3)13-15-8-6-5-7-9-15/h5-12,14,20H,4,13H2,1-3H3. The molecule has 112 valence electrons. The molecule has 1 unspecified atom stereocenters. The normalized spacial score (nSPS) is 12.2. The van der Waals surface area contributed by atoms with Crippen molar-refractivity contribution in [1.82, 2.24) is 5.32 Å². The Kier molecular flexibility index (Phi) is 5.34. The summed E-state index contributed by atoms with van der Waals surface area (Å²) in [6.45, 7) is 5.79. The molecule has 1 atom stereocenters. The van der Waals surface area contributed by atoms with Gasteiger partial charge in [0.2, 0.25) is 0 Å². The molecule has 21 heavy (non-hydrogen) atoms. The third kappa shape index (κ3) is 4.05. The van der Waals surface area contributed by atoms with Gasteiger partial charge in [0.15, 0.2) is 0 Å². The minimum absolute atomic E-state index is 0.124. The van der Waals surface area contributed by atoms with Crippen LogP contribution in [0, 0.1) is 5.82 Å². The molecule has 0 saturated carbocycles. The number of benzene rings is 2. The van der Waals surface area contributed by atoms with E-state index in [1.54, 1.807) is 6.07 Å². The first kappa shape index (κ1) is 15.5. The predicted molar refractivity (Wildman–Crippen MR) is 87.0 cm³/mol. The first-order valence-corrected chi connectivity index (χ1v) is 7.39. The van der Waals surface area contributed by atoms with Gasteiger partial charge in [-0.2, -0.15) is 0 Å². The number of hydrogen-bond acceptors (Lipinski definition) is 2. The highest BCUT2D eigenvalue weighted by Gasteiger charge is 2.14. The Balaban J connectivity index is 2.25. The Bertz CT molecular complexity index is 569. The summed E-state index contributed by atoms with van der Waals surface area (Å²) in [5.74, 6) is -0.188. The smallest absolute Gasteiger partial charge is 0.123 e. The summed E-state index contributed by atoms with van der Waals surface area (Å²) in [5.41, 5.74) is 3.30. The molecule has 0 aliphatic carbocycles. The summed E-state index contributed by atoms with van der Waals surface area (Å²) in [4.78, 5) is 2.16. The van der Waals surface area contributed by atoms with E-state index in [4.69, 9.17) is 0 Å². The molecule has 3 heteroatoms. The first-order chi connectivity index (χ1) is 10.1. The topological polar surface area (TPSA) is 15.3 Å². The van der Waals surface area contributed by atoms with Gasteiger partial charge in [0.1, 0.15) is 5.82 Å². The SMILES string of the molecule is CCNC(C)c1cc(F)ccc1N(C)Cc1ccccc1. The maximum atomic E-state index is 13.6. The lowest BCUT2D eigenvalue weighted by molar-refractivity contribution is 0.581. The number of hydrogen-bond donors (Lipinski definition) is 1. The molecule has 0 saturated heterocycles. The van der Waals surface area contributed by atoms with E-state index < -0.39 is 0 Å². The van der Waals surface area contributed by atoms with Gasteiger partial charge in [-0.15, -0.1) is 0 Å². The third-order valence-electron chi connectivity index (χ3n) is 3.64. The van der Waals surface area contributed by atoms with Gasteiger partial charge in [0.25, 0.3) is 0 Å². The van der Waals surface area contributed by atoms with Crippen molar-refractivity contribution in [2.24, 2.45) is 0 Å². The van der Waals surface area contributed by atoms with Crippen molar-refractivity contribution in [2.45, 2.75) is 26.4 Å². The molecule has 2 nitrogen and oxygen atoms in total. The molecule has 0 aliphatic rings. The van der Waals surface area contributed by atoms with E-state index in [1.807, 2.05) is 31.3 Å². The summed E-state index contributed by atoms with van der Waals surface area (Å²) in [6, 6.07) is 15.4. The molecule has 2 rings (SSSR count). The van der Waals surface area contributed by atoms with E-state index in [1.165, 1.54) is 11.6 Å². The minimum atomic E-state index is -0.188. The van der Waals surface area contributed by atoms with Gasteiger partial charge in [0.05, 0.1) is 0 Å². The number of halogens is 1. The zero-order valence-corrected chi connectivity index (χ0v) is 12.9. The van der Waals surface area contributed by atoms with Crippen LogP contribution in [0.2, 0.25) is 0 Å². The average Bonchev–Trinajstić information content (AvgIpc) is 2.48. The van der Waals surface area contributed by atoms with Crippen LogP contribution in [0.5, 0.6) is 0 Å². The second-order valence-corrected chi connectivity index (χ2v) is 5.32. The fraction of sp³-hybridized carbons (Fsp3) is 0.333. The average molecular weight is 286 g/mol. The van der Waals surface area contributed by atoms with Gasteiger partial charge in [-0.05, 0) is 42.8 Å². The zero-order chi connectivity index (χ0) is 15.2. The van der Waals surface area contributed by atoms with Gasteiger partial charge < -0.3 is 10.2 Å². The van der Waals surface area contributed by atoms with Crippen LogP contribution in [0.25, 0.3) is 0 Å². The summed E-state index contributed by atoms with van der Waals surface area (Å²) in [5, 5.41) is 3.35. The fourth-order valence-corrected chi connectivity index (χ4v) is 2.58. The van der Waals surface area contributed by atoms with Crippen molar-refractivity contribution in [2.75, 3.05) is 18.5 Å². The predicted octanol–water partition coefficient (Wildman–Crippen LogP) is 4.13. The molecule has 2 aromatic rings. The van der Waals surface area contributed by atoms with E-state index >= 15 is 0 Å². The maximum Gasteiger partial charge on any atom is 0.123 e. The van der Waals surface area contributed by atoms with Crippen molar-refractivity contribution >= 4 is 5.69 Å². The lowest BCUT2D eigenvalue weighted by Crippen LogP contribution is -2.23. The van der Waals surface area contributed by atoms with E-state index in [9.17, 15) is 4.39 Å². The number of nitrogens with zero attached hydrogens (tertiary/aromatic N) is 1. The molecular formula is C18H23FN2.